The molecule has 1 nitrogen and oxygen atoms in total. The van der Waals surface area contributed by atoms with Crippen molar-refractivity contribution >= 4 is 15.9 Å². The van der Waals surface area contributed by atoms with Gasteiger partial charge < -0.3 is 4.74 Å². The lowest BCUT2D eigenvalue weighted by molar-refractivity contribution is 0.284. The van der Waals surface area contributed by atoms with E-state index in [2.05, 4.69) is 29.8 Å². The molecular weight excluding hydrogens is 240 g/mol. The Hall–Kier alpha value is -0.500. The van der Waals surface area contributed by atoms with Crippen molar-refractivity contribution in [3.63, 3.8) is 0 Å². The Bertz CT molecular complexity index is 246. The Morgan fingerprint density at radius 2 is 1.86 bits per heavy atom. The lowest BCUT2D eigenvalue weighted by Gasteiger charge is -2.14. The zero-order valence-corrected chi connectivity index (χ0v) is 10.3. The van der Waals surface area contributed by atoms with Crippen molar-refractivity contribution in [1.82, 2.24) is 0 Å². The summed E-state index contributed by atoms with van der Waals surface area (Å²) in [7, 11) is 0. The number of alkyl halides is 1. The highest BCUT2D eigenvalue weighted by Crippen LogP contribution is 2.16. The molecule has 0 saturated heterocycles. The minimum atomic E-state index is 0.557. The van der Waals surface area contributed by atoms with Gasteiger partial charge >= 0.3 is 0 Å². The first-order chi connectivity index (χ1) is 6.70. The van der Waals surface area contributed by atoms with Crippen molar-refractivity contribution in [2.24, 2.45) is 5.92 Å². The molecule has 0 aliphatic rings. The van der Waals surface area contributed by atoms with Gasteiger partial charge in [-0.1, -0.05) is 48.0 Å². The fraction of sp³-hybridized carbons (Fsp3) is 0.500. The van der Waals surface area contributed by atoms with Crippen LogP contribution in [0.15, 0.2) is 30.3 Å². The molecule has 0 saturated carbocycles. The first-order valence-electron chi connectivity index (χ1n) is 5.02. The number of hydrogen-bond acceptors (Lipinski definition) is 1. The van der Waals surface area contributed by atoms with E-state index in [9.17, 15) is 0 Å². The zero-order chi connectivity index (χ0) is 10.4. The van der Waals surface area contributed by atoms with Gasteiger partial charge in [0.05, 0.1) is 6.61 Å². The van der Waals surface area contributed by atoms with Gasteiger partial charge in [-0.2, -0.15) is 0 Å². The molecule has 1 rings (SSSR count). The first-order valence-corrected chi connectivity index (χ1v) is 5.93. The van der Waals surface area contributed by atoms with Gasteiger partial charge in [0.2, 0.25) is 0 Å². The summed E-state index contributed by atoms with van der Waals surface area (Å²) in [5.74, 6) is 1.61. The SMILES string of the molecule is CC(Br)C(C)CCOc1ccccc1. The van der Waals surface area contributed by atoms with E-state index in [0.29, 0.717) is 10.7 Å². The lowest BCUT2D eigenvalue weighted by atomic mass is 10.1. The van der Waals surface area contributed by atoms with Gasteiger partial charge in [-0.15, -0.1) is 0 Å². The van der Waals surface area contributed by atoms with Crippen LogP contribution < -0.4 is 4.74 Å². The van der Waals surface area contributed by atoms with Crippen LogP contribution in [0.4, 0.5) is 0 Å². The standard InChI is InChI=1S/C12H17BrO/c1-10(11(2)13)8-9-14-12-6-4-3-5-7-12/h3-7,10-11H,8-9H2,1-2H3. The van der Waals surface area contributed by atoms with E-state index in [1.54, 1.807) is 0 Å². The van der Waals surface area contributed by atoms with Crippen LogP contribution in [0.3, 0.4) is 0 Å². The quantitative estimate of drug-likeness (QED) is 0.727. The Morgan fingerprint density at radius 1 is 1.21 bits per heavy atom. The molecule has 0 aromatic heterocycles. The lowest BCUT2D eigenvalue weighted by Crippen LogP contribution is -2.11. The average molecular weight is 257 g/mol. The molecule has 2 heteroatoms. The van der Waals surface area contributed by atoms with Gasteiger partial charge in [-0.25, -0.2) is 0 Å². The van der Waals surface area contributed by atoms with E-state index in [1.807, 2.05) is 30.3 Å². The van der Waals surface area contributed by atoms with E-state index in [4.69, 9.17) is 4.74 Å². The molecule has 2 unspecified atom stereocenters. The molecule has 0 spiro atoms. The van der Waals surface area contributed by atoms with Crippen LogP contribution in [-0.4, -0.2) is 11.4 Å². The Kier molecular flexibility index (Phi) is 5.02. The smallest absolute Gasteiger partial charge is 0.119 e. The summed E-state index contributed by atoms with van der Waals surface area (Å²) in [4.78, 5) is 0.557. The zero-order valence-electron chi connectivity index (χ0n) is 8.74. The largest absolute Gasteiger partial charge is 0.494 e. The second-order valence-electron chi connectivity index (χ2n) is 3.61. The summed E-state index contributed by atoms with van der Waals surface area (Å²) in [5.41, 5.74) is 0. The molecule has 0 heterocycles. The number of para-hydroxylation sites is 1. The summed E-state index contributed by atoms with van der Waals surface area (Å²) >= 11 is 3.57. The highest BCUT2D eigenvalue weighted by atomic mass is 79.9. The van der Waals surface area contributed by atoms with Gasteiger partial charge in [-0.3, -0.25) is 0 Å². The number of rotatable bonds is 5. The summed E-state index contributed by atoms with van der Waals surface area (Å²) in [6.45, 7) is 5.20. The molecular formula is C12H17BrO. The molecule has 1 aromatic rings. The minimum Gasteiger partial charge on any atom is -0.494 e. The maximum absolute atomic E-state index is 5.61. The second kappa shape index (κ2) is 6.07. The highest BCUT2D eigenvalue weighted by Gasteiger charge is 2.07. The number of ether oxygens (including phenoxy) is 1. The van der Waals surface area contributed by atoms with Crippen molar-refractivity contribution in [3.05, 3.63) is 30.3 Å². The van der Waals surface area contributed by atoms with E-state index in [1.165, 1.54) is 0 Å². The maximum atomic E-state index is 5.61. The summed E-state index contributed by atoms with van der Waals surface area (Å²) < 4.78 is 5.61. The highest BCUT2D eigenvalue weighted by molar-refractivity contribution is 9.09. The van der Waals surface area contributed by atoms with Gasteiger partial charge in [0.25, 0.3) is 0 Å². The van der Waals surface area contributed by atoms with Crippen LogP contribution in [0.25, 0.3) is 0 Å². The molecule has 0 aliphatic carbocycles. The van der Waals surface area contributed by atoms with Crippen LogP contribution in [-0.2, 0) is 0 Å². The molecule has 2 atom stereocenters. The number of halogens is 1. The minimum absolute atomic E-state index is 0.557. The van der Waals surface area contributed by atoms with Crippen LogP contribution >= 0.6 is 15.9 Å². The average Bonchev–Trinajstić information content (AvgIpc) is 2.19. The molecule has 0 bridgehead atoms. The van der Waals surface area contributed by atoms with Crippen LogP contribution in [0.1, 0.15) is 20.3 Å². The predicted octanol–water partition coefficient (Wildman–Crippen LogP) is 3.88. The van der Waals surface area contributed by atoms with E-state index in [0.717, 1.165) is 18.8 Å². The van der Waals surface area contributed by atoms with Gasteiger partial charge in [0.15, 0.2) is 0 Å². The van der Waals surface area contributed by atoms with E-state index in [-0.39, 0.29) is 0 Å². The summed E-state index contributed by atoms with van der Waals surface area (Å²) in [6.07, 6.45) is 1.08. The third-order valence-electron chi connectivity index (χ3n) is 2.37. The molecule has 0 aliphatic heterocycles. The van der Waals surface area contributed by atoms with E-state index < -0.39 is 0 Å². The van der Waals surface area contributed by atoms with Crippen molar-refractivity contribution < 1.29 is 4.74 Å². The monoisotopic (exact) mass is 256 g/mol. The number of benzene rings is 1. The molecule has 0 radical (unpaired) electrons. The summed E-state index contributed by atoms with van der Waals surface area (Å²) in [5, 5.41) is 0. The fourth-order valence-electron chi connectivity index (χ4n) is 1.11. The predicted molar refractivity (Wildman–Crippen MR) is 64.1 cm³/mol. The number of hydrogen-bond donors (Lipinski definition) is 0. The molecule has 14 heavy (non-hydrogen) atoms. The Morgan fingerprint density at radius 3 is 2.43 bits per heavy atom. The normalized spacial score (nSPS) is 14.8. The van der Waals surface area contributed by atoms with Gasteiger partial charge in [0.1, 0.15) is 5.75 Å². The molecule has 0 amide bonds. The van der Waals surface area contributed by atoms with Crippen LogP contribution in [0.2, 0.25) is 0 Å². The van der Waals surface area contributed by atoms with Crippen LogP contribution in [0, 0.1) is 5.92 Å². The first kappa shape index (κ1) is 11.6. The van der Waals surface area contributed by atoms with Crippen molar-refractivity contribution in [3.8, 4) is 5.75 Å². The molecule has 78 valence electrons. The van der Waals surface area contributed by atoms with Crippen molar-refractivity contribution in [2.75, 3.05) is 6.61 Å². The fourth-order valence-corrected chi connectivity index (χ4v) is 1.37. The Balaban J connectivity index is 2.22. The summed E-state index contributed by atoms with van der Waals surface area (Å²) in [6, 6.07) is 9.96. The molecule has 0 fully saturated rings. The van der Waals surface area contributed by atoms with Crippen molar-refractivity contribution in [2.45, 2.75) is 25.1 Å². The molecule has 0 N–H and O–H groups in total. The second-order valence-corrected chi connectivity index (χ2v) is 5.05. The maximum Gasteiger partial charge on any atom is 0.119 e. The van der Waals surface area contributed by atoms with Crippen LogP contribution in [0.5, 0.6) is 5.75 Å². The van der Waals surface area contributed by atoms with Gasteiger partial charge in [-0.05, 0) is 24.5 Å². The third kappa shape index (κ3) is 4.14. The topological polar surface area (TPSA) is 9.23 Å². The van der Waals surface area contributed by atoms with Gasteiger partial charge in [0, 0.05) is 4.83 Å². The third-order valence-corrected chi connectivity index (χ3v) is 3.27. The van der Waals surface area contributed by atoms with Crippen molar-refractivity contribution in [1.29, 1.82) is 0 Å². The van der Waals surface area contributed by atoms with E-state index >= 15 is 0 Å². The Labute approximate surface area is 94.6 Å². The molecule has 1 aromatic carbocycles.